The molecule has 1 saturated heterocycles. The Hall–Kier alpha value is -3.16. The zero-order valence-corrected chi connectivity index (χ0v) is 20.5. The molecule has 0 radical (unpaired) electrons. The first-order valence-corrected chi connectivity index (χ1v) is 12.8. The number of amidine groups is 1. The molecule has 2 aromatic rings. The van der Waals surface area contributed by atoms with Crippen LogP contribution in [0.2, 0.25) is 0 Å². The number of thiophene rings is 1. The van der Waals surface area contributed by atoms with Crippen LogP contribution in [0.1, 0.15) is 47.5 Å². The van der Waals surface area contributed by atoms with Gasteiger partial charge in [-0.25, -0.2) is 14.7 Å². The number of nitrogens with one attached hydrogen (secondary N) is 1. The van der Waals surface area contributed by atoms with Crippen molar-refractivity contribution < 1.29 is 19.1 Å². The molecule has 1 aromatic heterocycles. The summed E-state index contributed by atoms with van der Waals surface area (Å²) in [7, 11) is 0. The number of esters is 1. The number of fused-ring (bicyclic) bond motifs is 1. The van der Waals surface area contributed by atoms with Crippen LogP contribution in [0.15, 0.2) is 35.3 Å². The number of carbonyl (C=O) groups excluding carboxylic acids is 3. The number of para-hydroxylation sites is 1. The molecule has 4 rings (SSSR count). The van der Waals surface area contributed by atoms with Gasteiger partial charge >= 0.3 is 5.97 Å². The minimum absolute atomic E-state index is 0.0499. The van der Waals surface area contributed by atoms with E-state index in [-0.39, 0.29) is 24.1 Å². The van der Waals surface area contributed by atoms with Gasteiger partial charge in [0.05, 0.1) is 17.9 Å². The molecule has 10 heteroatoms. The zero-order chi connectivity index (χ0) is 24.2. The van der Waals surface area contributed by atoms with Gasteiger partial charge in [-0.05, 0) is 49.8 Å². The van der Waals surface area contributed by atoms with Crippen LogP contribution >= 0.6 is 23.1 Å². The van der Waals surface area contributed by atoms with E-state index in [1.165, 1.54) is 11.3 Å². The molecule has 2 atom stereocenters. The quantitative estimate of drug-likeness (QED) is 0.165. The summed E-state index contributed by atoms with van der Waals surface area (Å²) in [6.45, 7) is 4.09. The molecule has 2 aliphatic rings. The number of benzene rings is 1. The maximum absolute atomic E-state index is 13.4. The van der Waals surface area contributed by atoms with Crippen LogP contribution in [0.4, 0.5) is 10.7 Å². The summed E-state index contributed by atoms with van der Waals surface area (Å²) >= 11 is 2.37. The Balaban J connectivity index is 1.65. The lowest BCUT2D eigenvalue weighted by atomic mass is 9.88. The molecule has 2 amide bonds. The Morgan fingerprint density at radius 3 is 2.79 bits per heavy atom. The van der Waals surface area contributed by atoms with Crippen molar-refractivity contribution in [2.24, 2.45) is 10.9 Å². The molecule has 176 valence electrons. The number of carbonyl (C=O) groups is 3. The summed E-state index contributed by atoms with van der Waals surface area (Å²) in [6.07, 6.45) is 4.25. The minimum atomic E-state index is -0.760. The summed E-state index contributed by atoms with van der Waals surface area (Å²) in [5.41, 5.74) is 1.85. The van der Waals surface area contributed by atoms with E-state index in [4.69, 9.17) is 10.00 Å². The molecule has 0 spiro atoms. The van der Waals surface area contributed by atoms with E-state index in [1.807, 2.05) is 24.4 Å². The molecule has 8 nitrogen and oxygen atoms in total. The maximum atomic E-state index is 13.4. The van der Waals surface area contributed by atoms with E-state index in [2.05, 4.69) is 17.2 Å². The average molecular weight is 497 g/mol. The second kappa shape index (κ2) is 10.4. The summed E-state index contributed by atoms with van der Waals surface area (Å²) < 4.78 is 5.29. The highest BCUT2D eigenvalue weighted by Gasteiger charge is 2.44. The van der Waals surface area contributed by atoms with Crippen molar-refractivity contribution in [1.82, 2.24) is 5.32 Å². The van der Waals surface area contributed by atoms with E-state index in [9.17, 15) is 14.4 Å². The van der Waals surface area contributed by atoms with Gasteiger partial charge in [-0.15, -0.1) is 11.3 Å². The lowest BCUT2D eigenvalue weighted by Crippen LogP contribution is -2.32. The van der Waals surface area contributed by atoms with E-state index >= 15 is 0 Å². The molecule has 2 heterocycles. The summed E-state index contributed by atoms with van der Waals surface area (Å²) in [5.74, 6) is -0.835. The second-order valence-electron chi connectivity index (χ2n) is 8.12. The van der Waals surface area contributed by atoms with Crippen molar-refractivity contribution in [3.8, 4) is 6.19 Å². The maximum Gasteiger partial charge on any atom is 0.341 e. The Bertz CT molecular complexity index is 1190. The highest BCUT2D eigenvalue weighted by molar-refractivity contribution is 8.15. The van der Waals surface area contributed by atoms with Gasteiger partial charge < -0.3 is 4.74 Å². The fourth-order valence-corrected chi connectivity index (χ4v) is 6.59. The fourth-order valence-electron chi connectivity index (χ4n) is 4.10. The number of aliphatic imine (C=N–C) groups is 1. The van der Waals surface area contributed by atoms with Crippen molar-refractivity contribution in [3.05, 3.63) is 46.3 Å². The van der Waals surface area contributed by atoms with Crippen LogP contribution in [0.25, 0.3) is 0 Å². The first-order valence-electron chi connectivity index (χ1n) is 11.1. The number of amides is 2. The summed E-state index contributed by atoms with van der Waals surface area (Å²) in [4.78, 5) is 45.8. The topological polar surface area (TPSA) is 112 Å². The van der Waals surface area contributed by atoms with Crippen LogP contribution in [0.3, 0.4) is 0 Å². The third-order valence-corrected chi connectivity index (χ3v) is 7.99. The van der Waals surface area contributed by atoms with Gasteiger partial charge in [0.1, 0.15) is 10.3 Å². The minimum Gasteiger partial charge on any atom is -0.462 e. The van der Waals surface area contributed by atoms with Crippen molar-refractivity contribution in [2.45, 2.75) is 44.8 Å². The number of anilines is 1. The Kier molecular flexibility index (Phi) is 7.34. The Labute approximate surface area is 206 Å². The zero-order valence-electron chi connectivity index (χ0n) is 18.9. The molecule has 1 aliphatic heterocycles. The number of ether oxygens (including phenoxy) is 1. The van der Waals surface area contributed by atoms with Crippen LogP contribution in [0.5, 0.6) is 0 Å². The number of imide groups is 1. The second-order valence-corrected chi connectivity index (χ2v) is 10.4. The summed E-state index contributed by atoms with van der Waals surface area (Å²) in [6, 6.07) is 9.03. The number of hydrogen-bond donors (Lipinski definition) is 1. The van der Waals surface area contributed by atoms with Crippen LogP contribution in [0, 0.1) is 17.4 Å². The first kappa shape index (κ1) is 24.0. The number of hydrogen-bond acceptors (Lipinski definition) is 8. The van der Waals surface area contributed by atoms with Crippen molar-refractivity contribution in [2.75, 3.05) is 11.5 Å². The van der Waals surface area contributed by atoms with E-state index in [0.29, 0.717) is 22.2 Å². The molecule has 1 aliphatic carbocycles. The third kappa shape index (κ3) is 4.86. The Morgan fingerprint density at radius 1 is 1.32 bits per heavy atom. The smallest absolute Gasteiger partial charge is 0.341 e. The normalized spacial score (nSPS) is 20.1. The number of thioether (sulfide) groups is 1. The number of nitriles is 1. The van der Waals surface area contributed by atoms with E-state index in [1.54, 1.807) is 19.1 Å². The lowest BCUT2D eigenvalue weighted by molar-refractivity contribution is -0.121. The third-order valence-electron chi connectivity index (χ3n) is 5.68. The molecule has 1 N–H and O–H groups in total. The largest absolute Gasteiger partial charge is 0.462 e. The average Bonchev–Trinajstić information content (AvgIpc) is 3.30. The van der Waals surface area contributed by atoms with E-state index in [0.717, 1.165) is 46.4 Å². The van der Waals surface area contributed by atoms with Gasteiger partial charge in [0.15, 0.2) is 11.4 Å². The predicted molar refractivity (Wildman–Crippen MR) is 132 cm³/mol. The van der Waals surface area contributed by atoms with Crippen LogP contribution in [-0.4, -0.2) is 34.8 Å². The molecule has 1 fully saturated rings. The van der Waals surface area contributed by atoms with Gasteiger partial charge in [0.2, 0.25) is 11.8 Å². The molecule has 1 aromatic carbocycles. The molecule has 0 bridgehead atoms. The fraction of sp³-hybridized carbons (Fsp3) is 0.375. The summed E-state index contributed by atoms with van der Waals surface area (Å²) in [5, 5.41) is 11.5. The van der Waals surface area contributed by atoms with Crippen LogP contribution in [-0.2, 0) is 27.2 Å². The van der Waals surface area contributed by atoms with Crippen LogP contribution < -0.4 is 10.2 Å². The van der Waals surface area contributed by atoms with Gasteiger partial charge in [0.25, 0.3) is 0 Å². The molecule has 34 heavy (non-hydrogen) atoms. The molecular formula is C24H24N4O4S2. The highest BCUT2D eigenvalue weighted by Crippen LogP contribution is 2.44. The van der Waals surface area contributed by atoms with Crippen molar-refractivity contribution in [3.63, 3.8) is 0 Å². The highest BCUT2D eigenvalue weighted by atomic mass is 32.2. The Morgan fingerprint density at radius 2 is 2.09 bits per heavy atom. The molecule has 0 unspecified atom stereocenters. The standard InChI is InChI=1S/C24H24N4O4S2/c1-3-32-23(31)20-16-10-9-14(2)11-17(16)33-22(20)28-19(29)12-18(21(28)30)34-24(26-13-25)27-15-7-5-4-6-8-15/h4-8,14,18H,3,9-12H2,1-2H3,(H,26,27)/t14-,18-/m0/s1. The number of rotatable bonds is 5. The molecule has 0 saturated carbocycles. The number of nitrogens with zero attached hydrogens (tertiary/aromatic N) is 3. The van der Waals surface area contributed by atoms with Crippen molar-refractivity contribution >= 4 is 56.7 Å². The SMILES string of the molecule is CCOC(=O)c1c(N2C(=O)C[C@H](SC(=Nc3ccccc3)NC#N)C2=O)sc2c1CC[C@H](C)C2. The van der Waals surface area contributed by atoms with Gasteiger partial charge in [-0.2, -0.15) is 5.26 Å². The monoisotopic (exact) mass is 496 g/mol. The first-order chi connectivity index (χ1) is 16.4. The lowest BCUT2D eigenvalue weighted by Gasteiger charge is -2.18. The van der Waals surface area contributed by atoms with Crippen molar-refractivity contribution in [1.29, 1.82) is 5.26 Å². The van der Waals surface area contributed by atoms with Gasteiger partial charge in [-0.1, -0.05) is 36.9 Å². The predicted octanol–water partition coefficient (Wildman–Crippen LogP) is 4.17. The van der Waals surface area contributed by atoms with Gasteiger partial charge in [0, 0.05) is 11.3 Å². The van der Waals surface area contributed by atoms with Gasteiger partial charge in [-0.3, -0.25) is 14.9 Å². The molecular weight excluding hydrogens is 472 g/mol. The van der Waals surface area contributed by atoms with E-state index < -0.39 is 17.1 Å².